The molecule has 2 aromatic rings. The maximum Gasteiger partial charge on any atom is 0.255 e. The van der Waals surface area contributed by atoms with Gasteiger partial charge in [0.15, 0.2) is 0 Å². The first-order chi connectivity index (χ1) is 10.7. The molecule has 5 heteroatoms. The number of amides is 1. The Balaban J connectivity index is 1.84. The lowest BCUT2D eigenvalue weighted by atomic mass is 10.00. The van der Waals surface area contributed by atoms with Crippen molar-refractivity contribution in [3.8, 4) is 5.75 Å². The van der Waals surface area contributed by atoms with E-state index in [0.717, 1.165) is 17.7 Å². The zero-order chi connectivity index (χ0) is 15.5. The molecule has 3 rings (SSSR count). The number of para-hydroxylation sites is 1. The zero-order valence-electron chi connectivity index (χ0n) is 12.7. The molecule has 0 aliphatic carbocycles. The minimum absolute atomic E-state index is 0.0346. The smallest absolute Gasteiger partial charge is 0.255 e. The largest absolute Gasteiger partial charge is 0.493 e. The fourth-order valence-corrected chi connectivity index (χ4v) is 2.66. The fraction of sp³-hybridized carbons (Fsp3) is 0.294. The topological polar surface area (TPSA) is 54.5 Å². The molecule has 1 unspecified atom stereocenters. The number of carbonyl (C=O) groups is 1. The average Bonchev–Trinajstić information content (AvgIpc) is 2.55. The Hall–Kier alpha value is -2.56. The van der Waals surface area contributed by atoms with Gasteiger partial charge in [-0.1, -0.05) is 18.2 Å². The summed E-state index contributed by atoms with van der Waals surface area (Å²) in [5.41, 5.74) is 1.61. The molecular formula is C17H19N3O2. The van der Waals surface area contributed by atoms with Crippen LogP contribution in [0.4, 0.5) is 5.82 Å². The van der Waals surface area contributed by atoms with Crippen LogP contribution < -0.4 is 15.0 Å². The second kappa shape index (κ2) is 6.05. The van der Waals surface area contributed by atoms with Crippen molar-refractivity contribution in [1.29, 1.82) is 0 Å². The molecule has 1 aromatic heterocycles. The van der Waals surface area contributed by atoms with E-state index in [1.54, 1.807) is 18.3 Å². The van der Waals surface area contributed by atoms with Crippen LogP contribution in [0, 0.1) is 0 Å². The average molecular weight is 297 g/mol. The van der Waals surface area contributed by atoms with E-state index in [-0.39, 0.29) is 11.9 Å². The number of hydrogen-bond acceptors (Lipinski definition) is 4. The third kappa shape index (κ3) is 2.74. The van der Waals surface area contributed by atoms with Gasteiger partial charge in [0.1, 0.15) is 11.6 Å². The van der Waals surface area contributed by atoms with E-state index in [0.29, 0.717) is 18.0 Å². The number of anilines is 1. The van der Waals surface area contributed by atoms with Gasteiger partial charge in [-0.05, 0) is 18.2 Å². The molecule has 0 bridgehead atoms. The number of aromatic nitrogens is 1. The minimum Gasteiger partial charge on any atom is -0.493 e. The third-order valence-electron chi connectivity index (χ3n) is 3.72. The highest BCUT2D eigenvalue weighted by Gasteiger charge is 2.24. The normalized spacial score (nSPS) is 16.4. The minimum atomic E-state index is -0.112. The molecule has 0 radical (unpaired) electrons. The van der Waals surface area contributed by atoms with Gasteiger partial charge in [0, 0.05) is 32.3 Å². The highest BCUT2D eigenvalue weighted by Crippen LogP contribution is 2.31. The lowest BCUT2D eigenvalue weighted by Gasteiger charge is -2.27. The lowest BCUT2D eigenvalue weighted by Crippen LogP contribution is -2.33. The molecule has 0 fully saturated rings. The summed E-state index contributed by atoms with van der Waals surface area (Å²) in [6, 6.07) is 11.4. The van der Waals surface area contributed by atoms with Crippen LogP contribution in [0.3, 0.4) is 0 Å². The van der Waals surface area contributed by atoms with Crippen LogP contribution in [0.5, 0.6) is 5.75 Å². The Bertz CT molecular complexity index is 685. The van der Waals surface area contributed by atoms with Crippen molar-refractivity contribution in [1.82, 2.24) is 10.3 Å². The summed E-state index contributed by atoms with van der Waals surface area (Å²) in [6.45, 7) is 0.607. The Morgan fingerprint density at radius 3 is 2.91 bits per heavy atom. The molecule has 0 saturated carbocycles. The third-order valence-corrected chi connectivity index (χ3v) is 3.72. The van der Waals surface area contributed by atoms with Gasteiger partial charge >= 0.3 is 0 Å². The van der Waals surface area contributed by atoms with Crippen molar-refractivity contribution in [2.75, 3.05) is 25.6 Å². The van der Waals surface area contributed by atoms with E-state index in [1.165, 1.54) is 0 Å². The number of fused-ring (bicyclic) bond motifs is 1. The first-order valence-corrected chi connectivity index (χ1v) is 7.32. The van der Waals surface area contributed by atoms with Gasteiger partial charge in [0.05, 0.1) is 18.2 Å². The Labute approximate surface area is 129 Å². The van der Waals surface area contributed by atoms with Gasteiger partial charge in [0.2, 0.25) is 0 Å². The van der Waals surface area contributed by atoms with Crippen molar-refractivity contribution >= 4 is 11.7 Å². The summed E-state index contributed by atoms with van der Waals surface area (Å²) in [4.78, 5) is 18.7. The van der Waals surface area contributed by atoms with Crippen molar-refractivity contribution in [3.05, 3.63) is 53.7 Å². The second-order valence-corrected chi connectivity index (χ2v) is 5.47. The molecule has 5 nitrogen and oxygen atoms in total. The van der Waals surface area contributed by atoms with Gasteiger partial charge in [0.25, 0.3) is 5.91 Å². The highest BCUT2D eigenvalue weighted by atomic mass is 16.5. The number of pyridine rings is 1. The number of hydrogen-bond donors (Lipinski definition) is 1. The molecule has 1 amide bonds. The van der Waals surface area contributed by atoms with Crippen molar-refractivity contribution in [2.45, 2.75) is 12.5 Å². The molecule has 2 heterocycles. The van der Waals surface area contributed by atoms with Crippen LogP contribution in [0.25, 0.3) is 0 Å². The van der Waals surface area contributed by atoms with E-state index >= 15 is 0 Å². The standard InChI is InChI=1S/C17H19N3O2/c1-20(2)16-13(7-5-10-18-16)17(21)19-14-9-11-22-15-8-4-3-6-12(14)15/h3-8,10,14H,9,11H2,1-2H3,(H,19,21). The molecule has 1 atom stereocenters. The molecule has 114 valence electrons. The first kappa shape index (κ1) is 14.4. The van der Waals surface area contributed by atoms with Crippen LogP contribution in [0.1, 0.15) is 28.4 Å². The number of benzene rings is 1. The molecule has 0 saturated heterocycles. The molecule has 1 aromatic carbocycles. The SMILES string of the molecule is CN(C)c1ncccc1C(=O)NC1CCOc2ccccc21. The number of ether oxygens (including phenoxy) is 1. The molecule has 22 heavy (non-hydrogen) atoms. The van der Waals surface area contributed by atoms with Crippen molar-refractivity contribution in [2.24, 2.45) is 0 Å². The molecule has 1 aliphatic rings. The summed E-state index contributed by atoms with van der Waals surface area (Å²) in [5.74, 6) is 1.40. The van der Waals surface area contributed by atoms with Crippen LogP contribution in [-0.4, -0.2) is 31.6 Å². The van der Waals surface area contributed by atoms with E-state index < -0.39 is 0 Å². The summed E-state index contributed by atoms with van der Waals surface area (Å²) >= 11 is 0. The van der Waals surface area contributed by atoms with Gasteiger partial charge in [-0.2, -0.15) is 0 Å². The van der Waals surface area contributed by atoms with E-state index in [1.807, 2.05) is 43.3 Å². The van der Waals surface area contributed by atoms with Crippen LogP contribution >= 0.6 is 0 Å². The molecule has 1 aliphatic heterocycles. The Morgan fingerprint density at radius 1 is 1.27 bits per heavy atom. The number of nitrogens with zero attached hydrogens (tertiary/aromatic N) is 2. The second-order valence-electron chi connectivity index (χ2n) is 5.47. The zero-order valence-corrected chi connectivity index (χ0v) is 12.7. The molecule has 1 N–H and O–H groups in total. The molecule has 0 spiro atoms. The van der Waals surface area contributed by atoms with Gasteiger partial charge in [-0.3, -0.25) is 4.79 Å². The summed E-state index contributed by atoms with van der Waals surface area (Å²) in [7, 11) is 3.76. The van der Waals surface area contributed by atoms with Crippen molar-refractivity contribution < 1.29 is 9.53 Å². The van der Waals surface area contributed by atoms with Crippen LogP contribution in [0.15, 0.2) is 42.6 Å². The Morgan fingerprint density at radius 2 is 2.09 bits per heavy atom. The van der Waals surface area contributed by atoms with E-state index in [2.05, 4.69) is 10.3 Å². The molecular weight excluding hydrogens is 278 g/mol. The van der Waals surface area contributed by atoms with Gasteiger partial charge < -0.3 is 15.0 Å². The van der Waals surface area contributed by atoms with Crippen molar-refractivity contribution in [3.63, 3.8) is 0 Å². The van der Waals surface area contributed by atoms with Crippen LogP contribution in [0.2, 0.25) is 0 Å². The number of carbonyl (C=O) groups excluding carboxylic acids is 1. The summed E-state index contributed by atoms with van der Waals surface area (Å²) in [6.07, 6.45) is 2.45. The van der Waals surface area contributed by atoms with E-state index in [4.69, 9.17) is 4.74 Å². The fourth-order valence-electron chi connectivity index (χ4n) is 2.66. The predicted octanol–water partition coefficient (Wildman–Crippen LogP) is 2.40. The van der Waals surface area contributed by atoms with E-state index in [9.17, 15) is 4.79 Å². The number of rotatable bonds is 3. The Kier molecular flexibility index (Phi) is 3.96. The monoisotopic (exact) mass is 297 g/mol. The van der Waals surface area contributed by atoms with Crippen LogP contribution in [-0.2, 0) is 0 Å². The maximum absolute atomic E-state index is 12.6. The quantitative estimate of drug-likeness (QED) is 0.945. The number of nitrogens with one attached hydrogen (secondary N) is 1. The lowest BCUT2D eigenvalue weighted by molar-refractivity contribution is 0.0925. The summed E-state index contributed by atoms with van der Waals surface area (Å²) in [5, 5.41) is 3.10. The van der Waals surface area contributed by atoms with Gasteiger partial charge in [-0.15, -0.1) is 0 Å². The first-order valence-electron chi connectivity index (χ1n) is 7.32. The maximum atomic E-state index is 12.6. The highest BCUT2D eigenvalue weighted by molar-refractivity contribution is 5.99. The van der Waals surface area contributed by atoms with Gasteiger partial charge in [-0.25, -0.2) is 4.98 Å². The summed E-state index contributed by atoms with van der Waals surface area (Å²) < 4.78 is 5.63. The predicted molar refractivity (Wildman–Crippen MR) is 85.3 cm³/mol.